The zero-order valence-electron chi connectivity index (χ0n) is 11.3. The average Bonchev–Trinajstić information content (AvgIpc) is 2.43. The summed E-state index contributed by atoms with van der Waals surface area (Å²) in [5.41, 5.74) is 0.280. The first-order valence-electron chi connectivity index (χ1n) is 6.16. The number of hydrogen-bond donors (Lipinski definition) is 2. The summed E-state index contributed by atoms with van der Waals surface area (Å²) >= 11 is 0. The van der Waals surface area contributed by atoms with Gasteiger partial charge in [-0.3, -0.25) is 9.59 Å². The molecule has 0 atom stereocenters. The van der Waals surface area contributed by atoms with E-state index in [0.29, 0.717) is 12.4 Å². The van der Waals surface area contributed by atoms with Gasteiger partial charge in [0.2, 0.25) is 5.91 Å². The highest BCUT2D eigenvalue weighted by atomic mass is 19.4. The third-order valence-electron chi connectivity index (χ3n) is 2.32. The van der Waals surface area contributed by atoms with Crippen molar-refractivity contribution in [3.05, 3.63) is 29.8 Å². The first-order valence-corrected chi connectivity index (χ1v) is 6.16. The Labute approximate surface area is 119 Å². The lowest BCUT2D eigenvalue weighted by molar-refractivity contribution is -0.137. The van der Waals surface area contributed by atoms with Gasteiger partial charge < -0.3 is 15.4 Å². The molecule has 1 aromatic rings. The van der Waals surface area contributed by atoms with Gasteiger partial charge in [-0.2, -0.15) is 13.2 Å². The van der Waals surface area contributed by atoms with Crippen LogP contribution in [0.4, 0.5) is 13.2 Å². The summed E-state index contributed by atoms with van der Waals surface area (Å²) in [6.07, 6.45) is -4.48. The number of carbonyl (C=O) groups excluding carboxylic acids is 2. The molecule has 1 aromatic carbocycles. The Kier molecular flexibility index (Phi) is 6.01. The van der Waals surface area contributed by atoms with Crippen LogP contribution in [0.3, 0.4) is 0 Å². The second-order valence-electron chi connectivity index (χ2n) is 4.03. The number of alkyl halides is 3. The van der Waals surface area contributed by atoms with Crippen LogP contribution in [0.5, 0.6) is 5.75 Å². The minimum Gasteiger partial charge on any atom is -0.494 e. The van der Waals surface area contributed by atoms with Gasteiger partial charge in [-0.05, 0) is 31.2 Å². The van der Waals surface area contributed by atoms with Crippen molar-refractivity contribution in [2.75, 3.05) is 19.7 Å². The van der Waals surface area contributed by atoms with Crippen molar-refractivity contribution < 1.29 is 27.5 Å². The molecule has 0 spiro atoms. The summed E-state index contributed by atoms with van der Waals surface area (Å²) in [6, 6.07) is 6.16. The third-order valence-corrected chi connectivity index (χ3v) is 2.32. The van der Waals surface area contributed by atoms with E-state index in [-0.39, 0.29) is 5.56 Å². The lowest BCUT2D eigenvalue weighted by Gasteiger charge is -2.09. The van der Waals surface area contributed by atoms with Gasteiger partial charge in [0.1, 0.15) is 12.3 Å². The van der Waals surface area contributed by atoms with Gasteiger partial charge in [-0.15, -0.1) is 0 Å². The predicted molar refractivity (Wildman–Crippen MR) is 69.0 cm³/mol. The maximum Gasteiger partial charge on any atom is 0.405 e. The van der Waals surface area contributed by atoms with Crippen LogP contribution in [-0.4, -0.2) is 37.7 Å². The quantitative estimate of drug-likeness (QED) is 0.837. The smallest absolute Gasteiger partial charge is 0.405 e. The molecule has 0 radical (unpaired) electrons. The van der Waals surface area contributed by atoms with Crippen molar-refractivity contribution in [2.45, 2.75) is 13.1 Å². The molecule has 0 bridgehead atoms. The molecule has 0 fully saturated rings. The molecule has 2 N–H and O–H groups in total. The number of benzene rings is 1. The molecule has 21 heavy (non-hydrogen) atoms. The number of ether oxygens (including phenoxy) is 1. The fourth-order valence-electron chi connectivity index (χ4n) is 1.39. The van der Waals surface area contributed by atoms with Crippen molar-refractivity contribution >= 4 is 11.8 Å². The molecule has 2 amide bonds. The molecule has 0 aliphatic heterocycles. The van der Waals surface area contributed by atoms with Gasteiger partial charge >= 0.3 is 6.18 Å². The van der Waals surface area contributed by atoms with Gasteiger partial charge in [0.25, 0.3) is 5.91 Å². The molecular weight excluding hydrogens is 289 g/mol. The van der Waals surface area contributed by atoms with Gasteiger partial charge in [-0.1, -0.05) is 0 Å². The summed E-state index contributed by atoms with van der Waals surface area (Å²) in [7, 11) is 0. The maximum absolute atomic E-state index is 11.9. The molecule has 0 aliphatic carbocycles. The molecule has 0 aliphatic rings. The summed E-state index contributed by atoms with van der Waals surface area (Å²) in [5, 5.41) is 3.88. The first kappa shape index (κ1) is 16.8. The van der Waals surface area contributed by atoms with E-state index in [4.69, 9.17) is 4.74 Å². The third kappa shape index (κ3) is 6.64. The first-order chi connectivity index (χ1) is 9.81. The van der Waals surface area contributed by atoms with Gasteiger partial charge in [0.15, 0.2) is 0 Å². The Morgan fingerprint density at radius 3 is 2.29 bits per heavy atom. The molecular formula is C13H15F3N2O3. The Hall–Kier alpha value is -2.25. The van der Waals surface area contributed by atoms with Crippen molar-refractivity contribution in [1.82, 2.24) is 10.6 Å². The zero-order chi connectivity index (χ0) is 15.9. The second-order valence-corrected chi connectivity index (χ2v) is 4.03. The standard InChI is InChI=1S/C13H15F3N2O3/c1-2-21-10-5-3-9(4-6-10)12(20)17-7-11(19)18-8-13(14,15)16/h3-6H,2,7-8H2,1H3,(H,17,20)(H,18,19). The van der Waals surface area contributed by atoms with Gasteiger partial charge in [-0.25, -0.2) is 0 Å². The van der Waals surface area contributed by atoms with Crippen LogP contribution in [0.2, 0.25) is 0 Å². The highest BCUT2D eigenvalue weighted by Gasteiger charge is 2.27. The number of hydrogen-bond acceptors (Lipinski definition) is 3. The summed E-state index contributed by atoms with van der Waals surface area (Å²) in [5.74, 6) is -0.871. The predicted octanol–water partition coefficient (Wildman–Crippen LogP) is 1.49. The van der Waals surface area contributed by atoms with E-state index in [9.17, 15) is 22.8 Å². The molecule has 116 valence electrons. The molecule has 1 rings (SSSR count). The van der Waals surface area contributed by atoms with E-state index in [2.05, 4.69) is 5.32 Å². The topological polar surface area (TPSA) is 67.4 Å². The Morgan fingerprint density at radius 2 is 1.76 bits per heavy atom. The highest BCUT2D eigenvalue weighted by Crippen LogP contribution is 2.12. The molecule has 0 saturated heterocycles. The average molecular weight is 304 g/mol. The van der Waals surface area contributed by atoms with E-state index in [1.807, 2.05) is 6.92 Å². The number of amides is 2. The molecule has 5 nitrogen and oxygen atoms in total. The molecule has 0 aromatic heterocycles. The zero-order valence-corrected chi connectivity index (χ0v) is 11.3. The SMILES string of the molecule is CCOc1ccc(C(=O)NCC(=O)NCC(F)(F)F)cc1. The number of nitrogens with one attached hydrogen (secondary N) is 2. The summed E-state index contributed by atoms with van der Waals surface area (Å²) in [4.78, 5) is 22.8. The maximum atomic E-state index is 11.9. The Balaban J connectivity index is 2.41. The Morgan fingerprint density at radius 1 is 1.14 bits per heavy atom. The van der Waals surface area contributed by atoms with Crippen LogP contribution in [0.1, 0.15) is 17.3 Å². The monoisotopic (exact) mass is 304 g/mol. The minimum atomic E-state index is -4.48. The molecule has 0 heterocycles. The van der Waals surface area contributed by atoms with Gasteiger partial charge in [0.05, 0.1) is 13.2 Å². The van der Waals surface area contributed by atoms with E-state index in [1.165, 1.54) is 12.1 Å². The largest absolute Gasteiger partial charge is 0.494 e. The van der Waals surface area contributed by atoms with E-state index in [0.717, 1.165) is 0 Å². The number of carbonyl (C=O) groups is 2. The fraction of sp³-hybridized carbons (Fsp3) is 0.385. The summed E-state index contributed by atoms with van der Waals surface area (Å²) < 4.78 is 40.8. The second kappa shape index (κ2) is 7.51. The molecule has 0 saturated carbocycles. The number of halogens is 3. The lowest BCUT2D eigenvalue weighted by Crippen LogP contribution is -2.40. The van der Waals surface area contributed by atoms with Crippen molar-refractivity contribution in [1.29, 1.82) is 0 Å². The highest BCUT2D eigenvalue weighted by molar-refractivity contribution is 5.96. The van der Waals surface area contributed by atoms with Crippen LogP contribution in [0.15, 0.2) is 24.3 Å². The van der Waals surface area contributed by atoms with Crippen LogP contribution in [0, 0.1) is 0 Å². The normalized spacial score (nSPS) is 10.9. The van der Waals surface area contributed by atoms with Crippen LogP contribution in [-0.2, 0) is 4.79 Å². The van der Waals surface area contributed by atoms with E-state index >= 15 is 0 Å². The van der Waals surface area contributed by atoms with E-state index < -0.39 is 31.1 Å². The van der Waals surface area contributed by atoms with E-state index in [1.54, 1.807) is 17.4 Å². The molecule has 0 unspecified atom stereocenters. The lowest BCUT2D eigenvalue weighted by atomic mass is 10.2. The van der Waals surface area contributed by atoms with Crippen LogP contribution < -0.4 is 15.4 Å². The van der Waals surface area contributed by atoms with Gasteiger partial charge in [0, 0.05) is 5.56 Å². The van der Waals surface area contributed by atoms with Crippen LogP contribution >= 0.6 is 0 Å². The van der Waals surface area contributed by atoms with Crippen molar-refractivity contribution in [2.24, 2.45) is 0 Å². The van der Waals surface area contributed by atoms with Crippen LogP contribution in [0.25, 0.3) is 0 Å². The van der Waals surface area contributed by atoms with Crippen molar-refractivity contribution in [3.63, 3.8) is 0 Å². The fourth-order valence-corrected chi connectivity index (χ4v) is 1.39. The Bertz CT molecular complexity index is 486. The molecule has 8 heteroatoms. The van der Waals surface area contributed by atoms with Crippen molar-refractivity contribution in [3.8, 4) is 5.75 Å². The minimum absolute atomic E-state index is 0.280. The summed E-state index contributed by atoms with van der Waals surface area (Å²) in [6.45, 7) is 0.359. The number of rotatable bonds is 6.